The lowest BCUT2D eigenvalue weighted by Crippen LogP contribution is -2.29. The Bertz CT molecular complexity index is 483. The van der Waals surface area contributed by atoms with E-state index in [9.17, 15) is 9.59 Å². The maximum atomic E-state index is 11.7. The van der Waals surface area contributed by atoms with Crippen LogP contribution in [0.3, 0.4) is 0 Å². The normalized spacial score (nSPS) is 15.1. The van der Waals surface area contributed by atoms with Crippen LogP contribution in [0, 0.1) is 5.92 Å². The van der Waals surface area contributed by atoms with Crippen molar-refractivity contribution in [2.24, 2.45) is 5.92 Å². The molecule has 2 N–H and O–H groups in total. The van der Waals surface area contributed by atoms with Crippen molar-refractivity contribution in [2.75, 3.05) is 13.1 Å². The molecule has 1 atom stereocenters. The third-order valence-electron chi connectivity index (χ3n) is 4.10. The summed E-state index contributed by atoms with van der Waals surface area (Å²) in [7, 11) is 0. The molecule has 0 aliphatic heterocycles. The number of rotatable bonds is 9. The van der Waals surface area contributed by atoms with E-state index in [1.54, 1.807) is 0 Å². The highest BCUT2D eigenvalue weighted by Crippen LogP contribution is 2.28. The Morgan fingerprint density at radius 3 is 2.55 bits per heavy atom. The summed E-state index contributed by atoms with van der Waals surface area (Å²) in [6.45, 7) is 3.47. The zero-order valence-electron chi connectivity index (χ0n) is 13.3. The fourth-order valence-corrected chi connectivity index (χ4v) is 2.42. The summed E-state index contributed by atoms with van der Waals surface area (Å²) < 4.78 is 0. The molecule has 0 spiro atoms. The predicted molar refractivity (Wildman–Crippen MR) is 87.5 cm³/mol. The highest BCUT2D eigenvalue weighted by Gasteiger charge is 2.28. The molecule has 0 radical (unpaired) electrons. The highest BCUT2D eigenvalue weighted by atomic mass is 16.2. The lowest BCUT2D eigenvalue weighted by Gasteiger charge is -2.12. The summed E-state index contributed by atoms with van der Waals surface area (Å²) in [5.41, 5.74) is 1.31. The van der Waals surface area contributed by atoms with Gasteiger partial charge in [0.25, 0.3) is 0 Å². The zero-order valence-corrected chi connectivity index (χ0v) is 13.3. The van der Waals surface area contributed by atoms with Crippen molar-refractivity contribution in [3.63, 3.8) is 0 Å². The minimum atomic E-state index is 0.0703. The summed E-state index contributed by atoms with van der Waals surface area (Å²) in [4.78, 5) is 23.1. The Morgan fingerprint density at radius 2 is 1.86 bits per heavy atom. The quantitative estimate of drug-likeness (QED) is 0.689. The summed E-state index contributed by atoms with van der Waals surface area (Å²) in [6, 6.07) is 10.3. The van der Waals surface area contributed by atoms with E-state index in [1.165, 1.54) is 5.56 Å². The smallest absolute Gasteiger partial charge is 0.223 e. The van der Waals surface area contributed by atoms with E-state index in [4.69, 9.17) is 0 Å². The molecule has 1 aliphatic carbocycles. The van der Waals surface area contributed by atoms with Gasteiger partial charge in [0.15, 0.2) is 0 Å². The average molecular weight is 302 g/mol. The van der Waals surface area contributed by atoms with Gasteiger partial charge in [0, 0.05) is 25.4 Å². The van der Waals surface area contributed by atoms with Gasteiger partial charge in [0.2, 0.25) is 11.8 Å². The lowest BCUT2D eigenvalue weighted by molar-refractivity contribution is -0.123. The second kappa shape index (κ2) is 8.57. The van der Waals surface area contributed by atoms with E-state index >= 15 is 0 Å². The van der Waals surface area contributed by atoms with Gasteiger partial charge in [-0.15, -0.1) is 0 Å². The fraction of sp³-hybridized carbons (Fsp3) is 0.556. The monoisotopic (exact) mass is 302 g/mol. The molecule has 1 fully saturated rings. The zero-order chi connectivity index (χ0) is 15.8. The Morgan fingerprint density at radius 1 is 1.14 bits per heavy atom. The second-order valence-electron chi connectivity index (χ2n) is 6.12. The number of benzene rings is 1. The lowest BCUT2D eigenvalue weighted by atomic mass is 9.98. The average Bonchev–Trinajstić information content (AvgIpc) is 3.37. The third-order valence-corrected chi connectivity index (χ3v) is 4.10. The molecule has 0 aromatic heterocycles. The number of hydrogen-bond acceptors (Lipinski definition) is 2. The van der Waals surface area contributed by atoms with Crippen molar-refractivity contribution in [3.05, 3.63) is 35.9 Å². The van der Waals surface area contributed by atoms with Crippen molar-refractivity contribution < 1.29 is 9.59 Å². The van der Waals surface area contributed by atoms with Crippen LogP contribution in [0.2, 0.25) is 0 Å². The number of nitrogens with one attached hydrogen (secondary N) is 2. The minimum Gasteiger partial charge on any atom is -0.356 e. The van der Waals surface area contributed by atoms with E-state index in [0.717, 1.165) is 19.3 Å². The van der Waals surface area contributed by atoms with Gasteiger partial charge < -0.3 is 10.6 Å². The van der Waals surface area contributed by atoms with E-state index in [-0.39, 0.29) is 17.7 Å². The first-order chi connectivity index (χ1) is 10.7. The molecule has 0 saturated heterocycles. The van der Waals surface area contributed by atoms with Crippen molar-refractivity contribution in [1.29, 1.82) is 0 Å². The third kappa shape index (κ3) is 5.88. The molecule has 4 nitrogen and oxygen atoms in total. The molecule has 1 aliphatic rings. The second-order valence-corrected chi connectivity index (χ2v) is 6.12. The number of carbonyl (C=O) groups is 2. The summed E-state index contributed by atoms with van der Waals surface area (Å²) in [5.74, 6) is 0.908. The molecule has 0 heterocycles. The van der Waals surface area contributed by atoms with Gasteiger partial charge >= 0.3 is 0 Å². The van der Waals surface area contributed by atoms with Crippen molar-refractivity contribution in [3.8, 4) is 0 Å². The molecule has 2 rings (SSSR count). The molecule has 2 amide bonds. The first-order valence-electron chi connectivity index (χ1n) is 8.26. The molecule has 0 bridgehead atoms. The van der Waals surface area contributed by atoms with Crippen LogP contribution < -0.4 is 10.6 Å². The van der Waals surface area contributed by atoms with Crippen LogP contribution in [0.5, 0.6) is 0 Å². The molecule has 0 unspecified atom stereocenters. The molecule has 22 heavy (non-hydrogen) atoms. The largest absolute Gasteiger partial charge is 0.356 e. The van der Waals surface area contributed by atoms with E-state index in [1.807, 2.05) is 18.2 Å². The van der Waals surface area contributed by atoms with Gasteiger partial charge in [0.1, 0.15) is 0 Å². The number of carbonyl (C=O) groups excluding carboxylic acids is 2. The van der Waals surface area contributed by atoms with Crippen molar-refractivity contribution in [2.45, 2.75) is 44.9 Å². The molecule has 1 saturated carbocycles. The van der Waals surface area contributed by atoms with Crippen LogP contribution in [0.15, 0.2) is 30.3 Å². The first-order valence-corrected chi connectivity index (χ1v) is 8.26. The van der Waals surface area contributed by atoms with E-state index in [0.29, 0.717) is 31.8 Å². The van der Waals surface area contributed by atoms with Crippen LogP contribution in [0.25, 0.3) is 0 Å². The van der Waals surface area contributed by atoms with Gasteiger partial charge in [-0.1, -0.05) is 37.3 Å². The van der Waals surface area contributed by atoms with Crippen molar-refractivity contribution in [1.82, 2.24) is 10.6 Å². The molecule has 120 valence electrons. The fourth-order valence-electron chi connectivity index (χ4n) is 2.42. The summed E-state index contributed by atoms with van der Waals surface area (Å²) in [5, 5.41) is 5.83. The van der Waals surface area contributed by atoms with E-state index in [2.05, 4.69) is 29.7 Å². The van der Waals surface area contributed by atoms with Crippen LogP contribution >= 0.6 is 0 Å². The molecular weight excluding hydrogens is 276 g/mol. The molecule has 1 aromatic rings. The van der Waals surface area contributed by atoms with Gasteiger partial charge in [-0.2, -0.15) is 0 Å². The van der Waals surface area contributed by atoms with Crippen LogP contribution in [0.4, 0.5) is 0 Å². The Balaban J connectivity index is 1.51. The SMILES string of the molecule is C[C@H](CCNC(=O)CCCNC(=O)C1CC1)c1ccccc1. The van der Waals surface area contributed by atoms with Gasteiger partial charge in [0.05, 0.1) is 0 Å². The molecule has 4 heteroatoms. The Kier molecular flexibility index (Phi) is 6.44. The van der Waals surface area contributed by atoms with Crippen LogP contribution in [0.1, 0.15) is 50.5 Å². The predicted octanol–water partition coefficient (Wildman–Crippen LogP) is 2.60. The first kappa shape index (κ1) is 16.5. The Labute approximate surface area is 132 Å². The minimum absolute atomic E-state index is 0.0703. The van der Waals surface area contributed by atoms with Crippen LogP contribution in [-0.4, -0.2) is 24.9 Å². The van der Waals surface area contributed by atoms with Crippen LogP contribution in [-0.2, 0) is 9.59 Å². The van der Waals surface area contributed by atoms with Gasteiger partial charge in [-0.25, -0.2) is 0 Å². The topological polar surface area (TPSA) is 58.2 Å². The van der Waals surface area contributed by atoms with E-state index < -0.39 is 0 Å². The molecule has 1 aromatic carbocycles. The van der Waals surface area contributed by atoms with Gasteiger partial charge in [-0.3, -0.25) is 9.59 Å². The maximum Gasteiger partial charge on any atom is 0.223 e. The maximum absolute atomic E-state index is 11.7. The number of hydrogen-bond donors (Lipinski definition) is 2. The summed E-state index contributed by atoms with van der Waals surface area (Å²) in [6.07, 6.45) is 4.16. The number of amides is 2. The standard InChI is InChI=1S/C18H26N2O2/c1-14(15-6-3-2-4-7-15)11-13-19-17(21)8-5-12-20-18(22)16-9-10-16/h2-4,6-7,14,16H,5,8-13H2,1H3,(H,19,21)(H,20,22)/t14-/m1/s1. The van der Waals surface area contributed by atoms with Crippen molar-refractivity contribution >= 4 is 11.8 Å². The summed E-state index contributed by atoms with van der Waals surface area (Å²) >= 11 is 0. The van der Waals surface area contributed by atoms with Gasteiger partial charge in [-0.05, 0) is 37.2 Å². The highest BCUT2D eigenvalue weighted by molar-refractivity contribution is 5.81. The molecular formula is C18H26N2O2. The Hall–Kier alpha value is -1.84.